The summed E-state index contributed by atoms with van der Waals surface area (Å²) in [7, 11) is 1.74. The average molecular weight is 287 g/mol. The lowest BCUT2D eigenvalue weighted by atomic mass is 10.1. The van der Waals surface area contributed by atoms with Crippen LogP contribution in [0.5, 0.6) is 0 Å². The van der Waals surface area contributed by atoms with Crippen molar-refractivity contribution in [3.05, 3.63) is 41.7 Å². The van der Waals surface area contributed by atoms with Gasteiger partial charge in [0, 0.05) is 39.0 Å². The summed E-state index contributed by atoms with van der Waals surface area (Å²) in [6, 6.07) is 4.14. The highest BCUT2D eigenvalue weighted by molar-refractivity contribution is 5.24. The second-order valence-corrected chi connectivity index (χ2v) is 5.38. The summed E-state index contributed by atoms with van der Waals surface area (Å²) in [6.45, 7) is 3.92. The fourth-order valence-electron chi connectivity index (χ4n) is 2.68. The molecule has 0 saturated carbocycles. The molecule has 6 nitrogen and oxygen atoms in total. The van der Waals surface area contributed by atoms with Crippen molar-refractivity contribution in [2.75, 3.05) is 13.7 Å². The van der Waals surface area contributed by atoms with Crippen molar-refractivity contribution in [1.82, 2.24) is 25.1 Å². The van der Waals surface area contributed by atoms with Crippen LogP contribution >= 0.6 is 0 Å². The van der Waals surface area contributed by atoms with Crippen molar-refractivity contribution in [2.24, 2.45) is 0 Å². The normalized spacial score (nSPS) is 19.2. The number of rotatable bonds is 5. The lowest BCUT2D eigenvalue weighted by molar-refractivity contribution is 0.110. The van der Waals surface area contributed by atoms with Crippen LogP contribution in [-0.2, 0) is 17.7 Å². The molecule has 2 atom stereocenters. The van der Waals surface area contributed by atoms with E-state index in [1.54, 1.807) is 7.11 Å². The van der Waals surface area contributed by atoms with Gasteiger partial charge in [-0.1, -0.05) is 0 Å². The van der Waals surface area contributed by atoms with Gasteiger partial charge in [0.1, 0.15) is 5.82 Å². The van der Waals surface area contributed by atoms with Gasteiger partial charge in [-0.25, -0.2) is 0 Å². The molecule has 1 aliphatic rings. The SMILES string of the molecule is COC(C)CCc1nnc2n1CCNC2c1ccncc1. The molecule has 112 valence electrons. The molecular weight excluding hydrogens is 266 g/mol. The van der Waals surface area contributed by atoms with Gasteiger partial charge in [0.25, 0.3) is 0 Å². The van der Waals surface area contributed by atoms with Crippen molar-refractivity contribution in [1.29, 1.82) is 0 Å². The molecule has 0 radical (unpaired) electrons. The van der Waals surface area contributed by atoms with Gasteiger partial charge >= 0.3 is 0 Å². The molecule has 2 unspecified atom stereocenters. The summed E-state index contributed by atoms with van der Waals surface area (Å²) in [4.78, 5) is 4.08. The standard InChI is InChI=1S/C15H21N5O/c1-11(21-2)3-4-13-18-19-15-14(17-9-10-20(13)15)12-5-7-16-8-6-12/h5-8,11,14,17H,3-4,9-10H2,1-2H3. The second-order valence-electron chi connectivity index (χ2n) is 5.38. The molecule has 0 saturated heterocycles. The molecule has 2 aromatic rings. The topological polar surface area (TPSA) is 64.9 Å². The Bertz CT molecular complexity index is 583. The lowest BCUT2D eigenvalue weighted by Gasteiger charge is -2.25. The number of aromatic nitrogens is 4. The highest BCUT2D eigenvalue weighted by Crippen LogP contribution is 2.24. The number of methoxy groups -OCH3 is 1. The third kappa shape index (κ3) is 2.96. The number of nitrogens with zero attached hydrogens (tertiary/aromatic N) is 4. The van der Waals surface area contributed by atoms with Crippen LogP contribution in [0.15, 0.2) is 24.5 Å². The fraction of sp³-hybridized carbons (Fsp3) is 0.533. The van der Waals surface area contributed by atoms with Crippen molar-refractivity contribution < 1.29 is 4.74 Å². The Morgan fingerprint density at radius 1 is 1.38 bits per heavy atom. The molecule has 21 heavy (non-hydrogen) atoms. The average Bonchev–Trinajstić information content (AvgIpc) is 2.96. The number of hydrogen-bond donors (Lipinski definition) is 1. The minimum absolute atomic E-state index is 0.0999. The van der Waals surface area contributed by atoms with E-state index >= 15 is 0 Å². The van der Waals surface area contributed by atoms with E-state index in [1.807, 2.05) is 24.5 Å². The molecule has 3 heterocycles. The third-order valence-corrected chi connectivity index (χ3v) is 4.01. The molecule has 1 N–H and O–H groups in total. The lowest BCUT2D eigenvalue weighted by Crippen LogP contribution is -2.35. The molecule has 2 aromatic heterocycles. The van der Waals surface area contributed by atoms with Gasteiger partial charge in [-0.3, -0.25) is 4.98 Å². The first-order valence-electron chi connectivity index (χ1n) is 7.37. The van der Waals surface area contributed by atoms with Crippen LogP contribution in [0.4, 0.5) is 0 Å². The van der Waals surface area contributed by atoms with Gasteiger partial charge in [-0.2, -0.15) is 0 Å². The van der Waals surface area contributed by atoms with Gasteiger partial charge in [0.05, 0.1) is 12.1 Å². The number of pyridine rings is 1. The predicted molar refractivity (Wildman–Crippen MR) is 78.9 cm³/mol. The minimum Gasteiger partial charge on any atom is -0.382 e. The van der Waals surface area contributed by atoms with E-state index in [4.69, 9.17) is 4.74 Å². The Morgan fingerprint density at radius 2 is 2.19 bits per heavy atom. The van der Waals surface area contributed by atoms with E-state index in [0.717, 1.165) is 37.6 Å². The summed E-state index contributed by atoms with van der Waals surface area (Å²) in [5.74, 6) is 2.04. The molecule has 0 spiro atoms. The largest absolute Gasteiger partial charge is 0.382 e. The maximum Gasteiger partial charge on any atom is 0.154 e. The number of hydrogen-bond acceptors (Lipinski definition) is 5. The van der Waals surface area contributed by atoms with Crippen LogP contribution in [-0.4, -0.2) is 39.5 Å². The van der Waals surface area contributed by atoms with Crippen LogP contribution in [0.25, 0.3) is 0 Å². The van der Waals surface area contributed by atoms with Gasteiger partial charge < -0.3 is 14.6 Å². The Balaban J connectivity index is 1.82. The fourth-order valence-corrected chi connectivity index (χ4v) is 2.68. The molecule has 6 heteroatoms. The van der Waals surface area contributed by atoms with E-state index in [2.05, 4.69) is 32.0 Å². The molecule has 0 aliphatic carbocycles. The van der Waals surface area contributed by atoms with Gasteiger partial charge in [-0.15, -0.1) is 10.2 Å². The molecule has 0 amide bonds. The van der Waals surface area contributed by atoms with E-state index in [9.17, 15) is 0 Å². The Kier molecular flexibility index (Phi) is 4.26. The maximum atomic E-state index is 5.31. The van der Waals surface area contributed by atoms with E-state index in [-0.39, 0.29) is 12.1 Å². The summed E-state index contributed by atoms with van der Waals surface area (Å²) in [5, 5.41) is 12.3. The van der Waals surface area contributed by atoms with Crippen LogP contribution in [0, 0.1) is 0 Å². The predicted octanol–water partition coefficient (Wildman–Crippen LogP) is 1.33. The molecule has 0 fully saturated rings. The maximum absolute atomic E-state index is 5.31. The summed E-state index contributed by atoms with van der Waals surface area (Å²) >= 11 is 0. The molecule has 0 aromatic carbocycles. The number of aryl methyl sites for hydroxylation is 1. The quantitative estimate of drug-likeness (QED) is 0.899. The molecule has 1 aliphatic heterocycles. The van der Waals surface area contributed by atoms with Crippen LogP contribution in [0.2, 0.25) is 0 Å². The highest BCUT2D eigenvalue weighted by Gasteiger charge is 2.26. The molecule has 3 rings (SSSR count). The first kappa shape index (κ1) is 14.2. The van der Waals surface area contributed by atoms with Crippen LogP contribution in [0.1, 0.15) is 36.6 Å². The third-order valence-electron chi connectivity index (χ3n) is 4.01. The minimum atomic E-state index is 0.0999. The highest BCUT2D eigenvalue weighted by atomic mass is 16.5. The number of ether oxygens (including phenoxy) is 1. The number of nitrogens with one attached hydrogen (secondary N) is 1. The zero-order valence-electron chi connectivity index (χ0n) is 12.5. The zero-order chi connectivity index (χ0) is 14.7. The van der Waals surface area contributed by atoms with Gasteiger partial charge in [-0.05, 0) is 31.0 Å². The first-order chi connectivity index (χ1) is 10.3. The second kappa shape index (κ2) is 6.32. The molecule has 0 bridgehead atoms. The Labute approximate surface area is 124 Å². The van der Waals surface area contributed by atoms with E-state index < -0.39 is 0 Å². The summed E-state index contributed by atoms with van der Waals surface area (Å²) in [6.07, 6.45) is 5.73. The van der Waals surface area contributed by atoms with Crippen molar-refractivity contribution in [2.45, 2.75) is 38.5 Å². The Morgan fingerprint density at radius 3 is 2.95 bits per heavy atom. The monoisotopic (exact) mass is 287 g/mol. The van der Waals surface area contributed by atoms with Crippen LogP contribution < -0.4 is 5.32 Å². The zero-order valence-corrected chi connectivity index (χ0v) is 12.5. The van der Waals surface area contributed by atoms with Crippen LogP contribution in [0.3, 0.4) is 0 Å². The van der Waals surface area contributed by atoms with Crippen molar-refractivity contribution in [3.63, 3.8) is 0 Å². The smallest absolute Gasteiger partial charge is 0.154 e. The van der Waals surface area contributed by atoms with Crippen molar-refractivity contribution in [3.8, 4) is 0 Å². The summed E-state index contributed by atoms with van der Waals surface area (Å²) < 4.78 is 7.55. The Hall–Kier alpha value is -1.79. The summed E-state index contributed by atoms with van der Waals surface area (Å²) in [5.41, 5.74) is 1.18. The first-order valence-corrected chi connectivity index (χ1v) is 7.37. The molecular formula is C15H21N5O. The van der Waals surface area contributed by atoms with Gasteiger partial charge in [0.2, 0.25) is 0 Å². The van der Waals surface area contributed by atoms with Gasteiger partial charge in [0.15, 0.2) is 5.82 Å². The van der Waals surface area contributed by atoms with E-state index in [0.29, 0.717) is 0 Å². The van der Waals surface area contributed by atoms with E-state index in [1.165, 1.54) is 5.56 Å². The van der Waals surface area contributed by atoms with Crippen molar-refractivity contribution >= 4 is 0 Å². The number of fused-ring (bicyclic) bond motifs is 1.